The normalized spacial score (nSPS) is 12.2. The Morgan fingerprint density at radius 1 is 0.474 bits per heavy atom. The highest BCUT2D eigenvalue weighted by atomic mass is 15.3. The average molecular weight is 489 g/mol. The van der Waals surface area contributed by atoms with Gasteiger partial charge in [-0.3, -0.25) is 14.9 Å². The largest absolute Gasteiger partial charge is 0.305 e. The van der Waals surface area contributed by atoms with Crippen LogP contribution in [0.5, 0.6) is 0 Å². The molecule has 1 aliphatic rings. The van der Waals surface area contributed by atoms with Crippen molar-refractivity contribution in [2.45, 2.75) is 0 Å². The Kier molecular flexibility index (Phi) is 4.42. The second-order valence-corrected chi connectivity index (χ2v) is 9.22. The standard InChI is InChI=1S/C32H20N6/c1-2-14-27-21(10-1)22-11-9-17-30-31(22)37(27)28-15-3-4-16-29(28)38(30)32-35-25(23-12-5-7-18-33-23)20-26(36-32)24-13-6-8-19-34-24/h1-20H. The maximum atomic E-state index is 5.08. The minimum atomic E-state index is 0.574. The van der Waals surface area contributed by atoms with Crippen molar-refractivity contribution in [1.82, 2.24) is 24.5 Å². The van der Waals surface area contributed by atoms with Crippen LogP contribution in [0.2, 0.25) is 0 Å². The predicted molar refractivity (Wildman–Crippen MR) is 151 cm³/mol. The molecule has 1 aliphatic heterocycles. The number of anilines is 3. The summed E-state index contributed by atoms with van der Waals surface area (Å²) in [6.45, 7) is 0. The average Bonchev–Trinajstić information content (AvgIpc) is 3.34. The van der Waals surface area contributed by atoms with Gasteiger partial charge >= 0.3 is 0 Å². The molecule has 178 valence electrons. The van der Waals surface area contributed by atoms with Gasteiger partial charge in [0.05, 0.1) is 50.9 Å². The van der Waals surface area contributed by atoms with Gasteiger partial charge in [-0.15, -0.1) is 0 Å². The van der Waals surface area contributed by atoms with Crippen LogP contribution in [-0.4, -0.2) is 24.5 Å². The number of para-hydroxylation sites is 4. The quantitative estimate of drug-likeness (QED) is 0.258. The molecule has 0 spiro atoms. The number of pyridine rings is 2. The molecule has 0 atom stereocenters. The fraction of sp³-hybridized carbons (Fsp3) is 0. The van der Waals surface area contributed by atoms with E-state index in [2.05, 4.69) is 86.2 Å². The minimum absolute atomic E-state index is 0.574. The second-order valence-electron chi connectivity index (χ2n) is 9.22. The lowest BCUT2D eigenvalue weighted by Crippen LogP contribution is -2.20. The highest BCUT2D eigenvalue weighted by Gasteiger charge is 2.30. The predicted octanol–water partition coefficient (Wildman–Crippen LogP) is 7.48. The zero-order valence-corrected chi connectivity index (χ0v) is 20.2. The fourth-order valence-corrected chi connectivity index (χ4v) is 5.44. The molecule has 38 heavy (non-hydrogen) atoms. The third-order valence-corrected chi connectivity index (χ3v) is 7.05. The third-order valence-electron chi connectivity index (χ3n) is 7.05. The van der Waals surface area contributed by atoms with E-state index < -0.39 is 0 Å². The number of hydrogen-bond donors (Lipinski definition) is 0. The molecule has 0 unspecified atom stereocenters. The van der Waals surface area contributed by atoms with Crippen molar-refractivity contribution in [3.63, 3.8) is 0 Å². The first-order valence-corrected chi connectivity index (χ1v) is 12.5. The maximum absolute atomic E-state index is 5.08. The van der Waals surface area contributed by atoms with Crippen LogP contribution < -0.4 is 4.90 Å². The molecule has 0 amide bonds. The van der Waals surface area contributed by atoms with Crippen molar-refractivity contribution in [3.05, 3.63) is 122 Å². The molecule has 0 aliphatic carbocycles. The summed E-state index contributed by atoms with van der Waals surface area (Å²) in [5, 5.41) is 2.42. The molecule has 8 rings (SSSR count). The summed E-state index contributed by atoms with van der Waals surface area (Å²) in [6.07, 6.45) is 3.57. The van der Waals surface area contributed by atoms with Crippen LogP contribution in [0.1, 0.15) is 0 Å². The number of fused-ring (bicyclic) bond motifs is 5. The van der Waals surface area contributed by atoms with Gasteiger partial charge in [-0.25, -0.2) is 9.97 Å². The van der Waals surface area contributed by atoms with Crippen molar-refractivity contribution >= 4 is 39.1 Å². The number of nitrogens with zero attached hydrogens (tertiary/aromatic N) is 6. The van der Waals surface area contributed by atoms with Crippen molar-refractivity contribution in [2.24, 2.45) is 0 Å². The van der Waals surface area contributed by atoms with E-state index >= 15 is 0 Å². The smallest absolute Gasteiger partial charge is 0.236 e. The number of hydrogen-bond acceptors (Lipinski definition) is 5. The zero-order chi connectivity index (χ0) is 25.1. The summed E-state index contributed by atoms with van der Waals surface area (Å²) in [4.78, 5) is 21.5. The summed E-state index contributed by atoms with van der Waals surface area (Å²) < 4.78 is 2.36. The zero-order valence-electron chi connectivity index (χ0n) is 20.2. The maximum Gasteiger partial charge on any atom is 0.236 e. The molecule has 6 heteroatoms. The van der Waals surface area contributed by atoms with Crippen LogP contribution in [0.15, 0.2) is 122 Å². The SMILES string of the molecule is c1ccc(-c2cc(-c3ccccn3)nc(N3c4ccccc4-n4c5ccccc5c5cccc3c54)n2)nc1. The first kappa shape index (κ1) is 20.8. The van der Waals surface area contributed by atoms with E-state index in [4.69, 9.17) is 9.97 Å². The first-order valence-electron chi connectivity index (χ1n) is 12.5. The van der Waals surface area contributed by atoms with Crippen LogP contribution in [0.4, 0.5) is 17.3 Å². The lowest BCUT2D eigenvalue weighted by Gasteiger charge is -2.31. The Morgan fingerprint density at radius 3 is 1.79 bits per heavy atom. The molecule has 0 saturated heterocycles. The van der Waals surface area contributed by atoms with E-state index in [1.165, 1.54) is 16.3 Å². The third kappa shape index (κ3) is 3.01. The Labute approximate surface area is 218 Å². The lowest BCUT2D eigenvalue weighted by atomic mass is 10.1. The van der Waals surface area contributed by atoms with Crippen molar-refractivity contribution < 1.29 is 0 Å². The summed E-state index contributed by atoms with van der Waals surface area (Å²) in [5.74, 6) is 0.574. The van der Waals surface area contributed by atoms with Crippen LogP contribution in [0.3, 0.4) is 0 Å². The Balaban J connectivity index is 1.46. The number of rotatable bonds is 3. The second kappa shape index (κ2) is 8.08. The van der Waals surface area contributed by atoms with Gasteiger partial charge in [-0.2, -0.15) is 0 Å². The molecule has 3 aromatic carbocycles. The highest BCUT2D eigenvalue weighted by molar-refractivity contribution is 6.16. The van der Waals surface area contributed by atoms with Crippen LogP contribution in [0, 0.1) is 0 Å². The summed E-state index contributed by atoms with van der Waals surface area (Å²) >= 11 is 0. The molecule has 7 aromatic rings. The van der Waals surface area contributed by atoms with E-state index in [1.54, 1.807) is 12.4 Å². The topological polar surface area (TPSA) is 59.7 Å². The van der Waals surface area contributed by atoms with Gasteiger partial charge in [-0.1, -0.05) is 54.6 Å². The molecular weight excluding hydrogens is 468 g/mol. The van der Waals surface area contributed by atoms with Gasteiger partial charge in [0.2, 0.25) is 5.95 Å². The molecule has 4 aromatic heterocycles. The summed E-state index contributed by atoms with van der Waals surface area (Å²) in [7, 11) is 0. The van der Waals surface area contributed by atoms with Gasteiger partial charge in [0, 0.05) is 23.2 Å². The van der Waals surface area contributed by atoms with E-state index in [1.807, 2.05) is 42.5 Å². The lowest BCUT2D eigenvalue weighted by molar-refractivity contribution is 1.04. The van der Waals surface area contributed by atoms with Gasteiger partial charge in [0.25, 0.3) is 0 Å². The number of benzene rings is 3. The van der Waals surface area contributed by atoms with E-state index in [0.717, 1.165) is 45.4 Å². The van der Waals surface area contributed by atoms with Gasteiger partial charge in [0.15, 0.2) is 0 Å². The molecule has 0 N–H and O–H groups in total. The van der Waals surface area contributed by atoms with Gasteiger partial charge in [0.1, 0.15) is 0 Å². The van der Waals surface area contributed by atoms with Crippen LogP contribution >= 0.6 is 0 Å². The molecular formula is C32H20N6. The first-order chi connectivity index (χ1) is 18.9. The van der Waals surface area contributed by atoms with E-state index in [-0.39, 0.29) is 0 Å². The van der Waals surface area contributed by atoms with Crippen molar-refractivity contribution in [3.8, 4) is 28.5 Å². The molecule has 0 bridgehead atoms. The molecule has 0 fully saturated rings. The van der Waals surface area contributed by atoms with Gasteiger partial charge in [-0.05, 0) is 54.6 Å². The molecule has 6 nitrogen and oxygen atoms in total. The van der Waals surface area contributed by atoms with Gasteiger partial charge < -0.3 is 4.57 Å². The number of aromatic nitrogens is 5. The van der Waals surface area contributed by atoms with Crippen LogP contribution in [-0.2, 0) is 0 Å². The Morgan fingerprint density at radius 2 is 1.08 bits per heavy atom. The summed E-state index contributed by atoms with van der Waals surface area (Å²) in [5.41, 5.74) is 8.50. The summed E-state index contributed by atoms with van der Waals surface area (Å²) in [6, 6.07) is 37.1. The van der Waals surface area contributed by atoms with E-state index in [9.17, 15) is 0 Å². The minimum Gasteiger partial charge on any atom is -0.305 e. The fourth-order valence-electron chi connectivity index (χ4n) is 5.44. The highest BCUT2D eigenvalue weighted by Crippen LogP contribution is 2.48. The Hall–Kier alpha value is -5.36. The van der Waals surface area contributed by atoms with E-state index in [0.29, 0.717) is 5.95 Å². The van der Waals surface area contributed by atoms with Crippen molar-refractivity contribution in [1.29, 1.82) is 0 Å². The monoisotopic (exact) mass is 488 g/mol. The van der Waals surface area contributed by atoms with Crippen molar-refractivity contribution in [2.75, 3.05) is 4.90 Å². The Bertz CT molecular complexity index is 1920. The molecule has 0 saturated carbocycles. The van der Waals surface area contributed by atoms with Crippen LogP contribution in [0.25, 0.3) is 50.3 Å². The molecule has 5 heterocycles. The molecule has 0 radical (unpaired) electrons.